The summed E-state index contributed by atoms with van der Waals surface area (Å²) in [6, 6.07) is 1.77. The van der Waals surface area contributed by atoms with Gasteiger partial charge in [-0.1, -0.05) is 6.92 Å². The number of piperazine rings is 1. The average molecular weight is 361 g/mol. The van der Waals surface area contributed by atoms with Crippen molar-refractivity contribution in [3.05, 3.63) is 29.0 Å². The molecule has 0 aromatic carbocycles. The van der Waals surface area contributed by atoms with Gasteiger partial charge in [-0.15, -0.1) is 11.3 Å². The molecule has 0 spiro atoms. The van der Waals surface area contributed by atoms with Crippen LogP contribution in [0.2, 0.25) is 0 Å². The van der Waals surface area contributed by atoms with Gasteiger partial charge >= 0.3 is 0 Å². The Labute approximate surface area is 151 Å². The summed E-state index contributed by atoms with van der Waals surface area (Å²) in [5.74, 6) is 0.647. The summed E-state index contributed by atoms with van der Waals surface area (Å²) in [6.45, 7) is 6.89. The molecule has 0 radical (unpaired) electrons. The predicted octanol–water partition coefficient (Wildman–Crippen LogP) is 1.57. The Bertz CT molecular complexity index is 698. The third-order valence-corrected chi connectivity index (χ3v) is 5.34. The first-order valence-corrected chi connectivity index (χ1v) is 9.32. The third kappa shape index (κ3) is 4.20. The van der Waals surface area contributed by atoms with Crippen LogP contribution in [0.4, 0.5) is 0 Å². The zero-order chi connectivity index (χ0) is 17.6. The Morgan fingerprint density at radius 3 is 2.60 bits per heavy atom. The number of nitrogens with zero attached hydrogens (tertiary/aromatic N) is 5. The van der Waals surface area contributed by atoms with E-state index in [1.165, 1.54) is 11.3 Å². The first-order chi connectivity index (χ1) is 12.2. The SMILES string of the molecule is CCc1nc(-c2ncccn2)sc1C(=O)N1CCN(CCOC)CC1. The summed E-state index contributed by atoms with van der Waals surface area (Å²) < 4.78 is 5.12. The van der Waals surface area contributed by atoms with E-state index in [2.05, 4.69) is 19.9 Å². The molecular formula is C17H23N5O2S. The first-order valence-electron chi connectivity index (χ1n) is 8.50. The van der Waals surface area contributed by atoms with Crippen LogP contribution in [0.25, 0.3) is 10.8 Å². The van der Waals surface area contributed by atoms with Crippen LogP contribution < -0.4 is 0 Å². The molecule has 8 heteroatoms. The second kappa shape index (κ2) is 8.46. The smallest absolute Gasteiger partial charge is 0.265 e. The largest absolute Gasteiger partial charge is 0.383 e. The lowest BCUT2D eigenvalue weighted by Gasteiger charge is -2.34. The van der Waals surface area contributed by atoms with Crippen molar-refractivity contribution in [2.24, 2.45) is 0 Å². The summed E-state index contributed by atoms with van der Waals surface area (Å²) in [5, 5.41) is 0.708. The van der Waals surface area contributed by atoms with E-state index in [1.54, 1.807) is 25.6 Å². The summed E-state index contributed by atoms with van der Waals surface area (Å²) in [4.78, 5) is 31.0. The highest BCUT2D eigenvalue weighted by Crippen LogP contribution is 2.27. The highest BCUT2D eigenvalue weighted by atomic mass is 32.1. The lowest BCUT2D eigenvalue weighted by molar-refractivity contribution is 0.0597. The van der Waals surface area contributed by atoms with Gasteiger partial charge in [0.25, 0.3) is 5.91 Å². The molecular weight excluding hydrogens is 338 g/mol. The number of aromatic nitrogens is 3. The van der Waals surface area contributed by atoms with E-state index in [4.69, 9.17) is 4.74 Å². The normalized spacial score (nSPS) is 15.5. The fraction of sp³-hybridized carbons (Fsp3) is 0.529. The number of thiazole rings is 1. The molecule has 134 valence electrons. The van der Waals surface area contributed by atoms with Gasteiger partial charge < -0.3 is 9.64 Å². The minimum absolute atomic E-state index is 0.0722. The Hall–Kier alpha value is -1.90. The van der Waals surface area contributed by atoms with Gasteiger partial charge in [-0.3, -0.25) is 9.69 Å². The van der Waals surface area contributed by atoms with Gasteiger partial charge in [0.05, 0.1) is 12.3 Å². The summed E-state index contributed by atoms with van der Waals surface area (Å²) in [6.07, 6.45) is 4.10. The standard InChI is InChI=1S/C17H23N5O2S/c1-3-13-14(25-16(20-13)15-18-5-4-6-19-15)17(23)22-9-7-21(8-10-22)11-12-24-2/h4-6H,3,7-12H2,1-2H3. The van der Waals surface area contributed by atoms with Crippen molar-refractivity contribution >= 4 is 17.2 Å². The van der Waals surface area contributed by atoms with E-state index < -0.39 is 0 Å². The minimum atomic E-state index is 0.0722. The molecule has 1 aliphatic rings. The van der Waals surface area contributed by atoms with Crippen molar-refractivity contribution in [3.63, 3.8) is 0 Å². The molecule has 0 unspecified atom stereocenters. The fourth-order valence-corrected chi connectivity index (χ4v) is 3.87. The van der Waals surface area contributed by atoms with Gasteiger partial charge in [-0.2, -0.15) is 0 Å². The van der Waals surface area contributed by atoms with Crippen LogP contribution >= 0.6 is 11.3 Å². The van der Waals surface area contributed by atoms with Crippen molar-refractivity contribution in [1.82, 2.24) is 24.8 Å². The quantitative estimate of drug-likeness (QED) is 0.778. The van der Waals surface area contributed by atoms with Crippen molar-refractivity contribution in [1.29, 1.82) is 0 Å². The molecule has 3 heterocycles. The fourth-order valence-electron chi connectivity index (χ4n) is 2.80. The van der Waals surface area contributed by atoms with Crippen LogP contribution in [0, 0.1) is 0 Å². The maximum Gasteiger partial charge on any atom is 0.265 e. The van der Waals surface area contributed by atoms with Crippen LogP contribution in [0.5, 0.6) is 0 Å². The molecule has 25 heavy (non-hydrogen) atoms. The van der Waals surface area contributed by atoms with Gasteiger partial charge in [0.1, 0.15) is 4.88 Å². The molecule has 0 N–H and O–H groups in total. The van der Waals surface area contributed by atoms with Crippen LogP contribution in [0.15, 0.2) is 18.5 Å². The molecule has 0 bridgehead atoms. The average Bonchev–Trinajstić information content (AvgIpc) is 3.11. The Morgan fingerprint density at radius 1 is 1.24 bits per heavy atom. The monoisotopic (exact) mass is 361 g/mol. The number of carbonyl (C=O) groups is 1. The molecule has 0 atom stereocenters. The molecule has 3 rings (SSSR count). The second-order valence-corrected chi connectivity index (χ2v) is 6.85. The second-order valence-electron chi connectivity index (χ2n) is 5.85. The highest BCUT2D eigenvalue weighted by molar-refractivity contribution is 7.17. The molecule has 2 aromatic heterocycles. The molecule has 1 amide bonds. The Kier molecular flexibility index (Phi) is 6.06. The lowest BCUT2D eigenvalue weighted by atomic mass is 10.2. The first kappa shape index (κ1) is 17.9. The number of ether oxygens (including phenoxy) is 1. The van der Waals surface area contributed by atoms with E-state index in [0.29, 0.717) is 10.8 Å². The zero-order valence-corrected chi connectivity index (χ0v) is 15.5. The summed E-state index contributed by atoms with van der Waals surface area (Å²) in [5.41, 5.74) is 0.833. The van der Waals surface area contributed by atoms with Crippen molar-refractivity contribution in [2.75, 3.05) is 46.4 Å². The maximum absolute atomic E-state index is 13.0. The Morgan fingerprint density at radius 2 is 1.96 bits per heavy atom. The van der Waals surface area contributed by atoms with Crippen LogP contribution in [0.1, 0.15) is 22.3 Å². The molecule has 1 aliphatic heterocycles. The maximum atomic E-state index is 13.0. The predicted molar refractivity (Wildman–Crippen MR) is 96.7 cm³/mol. The van der Waals surface area contributed by atoms with Crippen LogP contribution in [0.3, 0.4) is 0 Å². The van der Waals surface area contributed by atoms with E-state index in [1.807, 2.05) is 11.8 Å². The third-order valence-electron chi connectivity index (χ3n) is 4.25. The van der Waals surface area contributed by atoms with Gasteiger partial charge in [-0.05, 0) is 12.5 Å². The van der Waals surface area contributed by atoms with Gasteiger partial charge in [0.15, 0.2) is 10.8 Å². The molecule has 1 fully saturated rings. The van der Waals surface area contributed by atoms with Crippen LogP contribution in [-0.4, -0.2) is 77.1 Å². The van der Waals surface area contributed by atoms with Crippen molar-refractivity contribution < 1.29 is 9.53 Å². The number of methoxy groups -OCH3 is 1. The Balaban J connectivity index is 1.71. The number of hydrogen-bond donors (Lipinski definition) is 0. The number of amides is 1. The molecule has 1 saturated heterocycles. The lowest BCUT2D eigenvalue weighted by Crippen LogP contribution is -2.49. The zero-order valence-electron chi connectivity index (χ0n) is 14.6. The highest BCUT2D eigenvalue weighted by Gasteiger charge is 2.26. The molecule has 7 nitrogen and oxygen atoms in total. The van der Waals surface area contributed by atoms with Crippen LogP contribution in [-0.2, 0) is 11.2 Å². The number of aryl methyl sites for hydroxylation is 1. The van der Waals surface area contributed by atoms with E-state index in [0.717, 1.165) is 56.3 Å². The molecule has 0 aliphatic carbocycles. The number of hydrogen-bond acceptors (Lipinski definition) is 7. The molecule has 2 aromatic rings. The van der Waals surface area contributed by atoms with E-state index in [9.17, 15) is 4.79 Å². The molecule has 0 saturated carbocycles. The van der Waals surface area contributed by atoms with Crippen molar-refractivity contribution in [3.8, 4) is 10.8 Å². The summed E-state index contributed by atoms with van der Waals surface area (Å²) >= 11 is 1.39. The number of rotatable bonds is 6. The van der Waals surface area contributed by atoms with Gasteiger partial charge in [0.2, 0.25) is 0 Å². The number of carbonyl (C=O) groups excluding carboxylic acids is 1. The van der Waals surface area contributed by atoms with Gasteiger partial charge in [-0.25, -0.2) is 15.0 Å². The van der Waals surface area contributed by atoms with Gasteiger partial charge in [0, 0.05) is 52.2 Å². The van der Waals surface area contributed by atoms with E-state index in [-0.39, 0.29) is 5.91 Å². The topological polar surface area (TPSA) is 71.5 Å². The summed E-state index contributed by atoms with van der Waals surface area (Å²) in [7, 11) is 1.71. The minimum Gasteiger partial charge on any atom is -0.383 e. The van der Waals surface area contributed by atoms with Crippen molar-refractivity contribution in [2.45, 2.75) is 13.3 Å². The van der Waals surface area contributed by atoms with E-state index >= 15 is 0 Å².